The first-order valence-corrected chi connectivity index (χ1v) is 8.14. The summed E-state index contributed by atoms with van der Waals surface area (Å²) in [5.41, 5.74) is 2.49. The molecular formula is C19H20F2N2O. The Morgan fingerprint density at radius 3 is 2.71 bits per heavy atom. The van der Waals surface area contributed by atoms with Gasteiger partial charge in [0.15, 0.2) is 11.6 Å². The van der Waals surface area contributed by atoms with Crippen molar-refractivity contribution in [2.75, 3.05) is 11.9 Å². The van der Waals surface area contributed by atoms with Gasteiger partial charge < -0.3 is 10.6 Å². The molecule has 5 heteroatoms. The minimum Gasteiger partial charge on any atom is -0.326 e. The largest absolute Gasteiger partial charge is 0.326 e. The number of hydrogen-bond acceptors (Lipinski definition) is 2. The van der Waals surface area contributed by atoms with E-state index in [-0.39, 0.29) is 17.7 Å². The van der Waals surface area contributed by atoms with Crippen LogP contribution in [-0.4, -0.2) is 12.5 Å². The highest BCUT2D eigenvalue weighted by Crippen LogP contribution is 2.48. The molecule has 0 unspecified atom stereocenters. The fourth-order valence-corrected chi connectivity index (χ4v) is 2.88. The number of carbonyl (C=O) groups excluding carboxylic acids is 1. The van der Waals surface area contributed by atoms with Crippen LogP contribution in [0.4, 0.5) is 14.5 Å². The molecule has 0 aliphatic heterocycles. The Labute approximate surface area is 140 Å². The third-order valence-electron chi connectivity index (χ3n) is 4.34. The molecule has 2 N–H and O–H groups in total. The lowest BCUT2D eigenvalue weighted by Gasteiger charge is -2.11. The van der Waals surface area contributed by atoms with Crippen LogP contribution in [0.3, 0.4) is 0 Å². The van der Waals surface area contributed by atoms with E-state index < -0.39 is 11.6 Å². The Morgan fingerprint density at radius 2 is 1.96 bits per heavy atom. The van der Waals surface area contributed by atoms with Crippen molar-refractivity contribution in [3.8, 4) is 0 Å². The summed E-state index contributed by atoms with van der Waals surface area (Å²) in [6.45, 7) is 3.56. The molecule has 2 atom stereocenters. The highest BCUT2D eigenvalue weighted by atomic mass is 19.2. The molecule has 0 saturated heterocycles. The normalized spacial score (nSPS) is 19.1. The molecule has 1 saturated carbocycles. The van der Waals surface area contributed by atoms with Gasteiger partial charge in [0.1, 0.15) is 0 Å². The number of amides is 1. The van der Waals surface area contributed by atoms with E-state index in [2.05, 4.69) is 10.6 Å². The minimum absolute atomic E-state index is 0.0407. The Hall–Kier alpha value is -2.27. The smallest absolute Gasteiger partial charge is 0.228 e. The van der Waals surface area contributed by atoms with E-state index >= 15 is 0 Å². The van der Waals surface area contributed by atoms with Crippen LogP contribution < -0.4 is 10.6 Å². The molecule has 0 spiro atoms. The number of para-hydroxylation sites is 1. The summed E-state index contributed by atoms with van der Waals surface area (Å²) in [5.74, 6) is -2.04. The van der Waals surface area contributed by atoms with Gasteiger partial charge in [0.25, 0.3) is 0 Å². The van der Waals surface area contributed by atoms with Gasteiger partial charge in [0.05, 0.1) is 0 Å². The molecule has 0 radical (unpaired) electrons. The zero-order valence-corrected chi connectivity index (χ0v) is 13.5. The Kier molecular flexibility index (Phi) is 4.90. The van der Waals surface area contributed by atoms with Crippen LogP contribution in [0.25, 0.3) is 0 Å². The van der Waals surface area contributed by atoms with Gasteiger partial charge in [0.2, 0.25) is 5.91 Å². The summed E-state index contributed by atoms with van der Waals surface area (Å²) < 4.78 is 26.3. The zero-order valence-electron chi connectivity index (χ0n) is 13.5. The second-order valence-corrected chi connectivity index (χ2v) is 6.05. The zero-order chi connectivity index (χ0) is 17.1. The average Bonchev–Trinajstić information content (AvgIpc) is 3.37. The maximum atomic E-state index is 13.3. The Balaban J connectivity index is 1.66. The van der Waals surface area contributed by atoms with Gasteiger partial charge in [-0.25, -0.2) is 8.78 Å². The Morgan fingerprint density at radius 1 is 1.17 bits per heavy atom. The quantitative estimate of drug-likeness (QED) is 0.845. The number of hydrogen-bond donors (Lipinski definition) is 2. The van der Waals surface area contributed by atoms with Gasteiger partial charge in [-0.3, -0.25) is 4.79 Å². The molecular weight excluding hydrogens is 310 g/mol. The summed E-state index contributed by atoms with van der Waals surface area (Å²) in [5, 5.41) is 6.20. The monoisotopic (exact) mass is 330 g/mol. The van der Waals surface area contributed by atoms with E-state index in [0.717, 1.165) is 23.9 Å². The first kappa shape index (κ1) is 16.6. The van der Waals surface area contributed by atoms with E-state index in [4.69, 9.17) is 0 Å². The molecule has 0 heterocycles. The van der Waals surface area contributed by atoms with Crippen LogP contribution in [0.15, 0.2) is 42.5 Å². The first-order valence-electron chi connectivity index (χ1n) is 8.14. The minimum atomic E-state index is -0.866. The van der Waals surface area contributed by atoms with Crippen molar-refractivity contribution in [2.45, 2.75) is 25.8 Å². The summed E-state index contributed by atoms with van der Waals surface area (Å²) >= 11 is 0. The molecule has 24 heavy (non-hydrogen) atoms. The predicted octanol–water partition coefficient (Wildman–Crippen LogP) is 3.82. The molecule has 2 aromatic rings. The van der Waals surface area contributed by atoms with Crippen molar-refractivity contribution in [3.05, 3.63) is 65.2 Å². The van der Waals surface area contributed by atoms with Crippen LogP contribution in [0.1, 0.15) is 30.4 Å². The van der Waals surface area contributed by atoms with Crippen molar-refractivity contribution in [1.29, 1.82) is 0 Å². The topological polar surface area (TPSA) is 41.1 Å². The van der Waals surface area contributed by atoms with Crippen molar-refractivity contribution < 1.29 is 13.6 Å². The summed E-state index contributed by atoms with van der Waals surface area (Å²) in [6, 6.07) is 11.5. The number of nitrogens with one attached hydrogen (secondary N) is 2. The lowest BCUT2D eigenvalue weighted by Crippen LogP contribution is -2.18. The third-order valence-corrected chi connectivity index (χ3v) is 4.34. The van der Waals surface area contributed by atoms with E-state index in [1.807, 2.05) is 31.2 Å². The number of benzene rings is 2. The predicted molar refractivity (Wildman–Crippen MR) is 89.7 cm³/mol. The number of carbonyl (C=O) groups is 1. The summed E-state index contributed by atoms with van der Waals surface area (Å²) in [6.07, 6.45) is 0.659. The second-order valence-electron chi connectivity index (χ2n) is 6.05. The van der Waals surface area contributed by atoms with Crippen molar-refractivity contribution in [2.24, 2.45) is 5.92 Å². The van der Waals surface area contributed by atoms with Crippen LogP contribution in [0.2, 0.25) is 0 Å². The van der Waals surface area contributed by atoms with Gasteiger partial charge >= 0.3 is 0 Å². The molecule has 1 amide bonds. The SMILES string of the molecule is CCNCc1ccccc1NC(=O)[C@H]1C[C@H]1c1ccc(F)c(F)c1. The van der Waals surface area contributed by atoms with Gasteiger partial charge in [0, 0.05) is 18.2 Å². The molecule has 2 aromatic carbocycles. The van der Waals surface area contributed by atoms with E-state index in [1.165, 1.54) is 6.07 Å². The number of halogens is 2. The average molecular weight is 330 g/mol. The fourth-order valence-electron chi connectivity index (χ4n) is 2.88. The number of rotatable bonds is 6. The maximum absolute atomic E-state index is 13.3. The molecule has 1 aliphatic rings. The molecule has 0 bridgehead atoms. The van der Waals surface area contributed by atoms with Gasteiger partial charge in [-0.15, -0.1) is 0 Å². The van der Waals surface area contributed by atoms with Gasteiger partial charge in [-0.05, 0) is 48.2 Å². The highest BCUT2D eigenvalue weighted by Gasteiger charge is 2.44. The van der Waals surface area contributed by atoms with E-state index in [9.17, 15) is 13.6 Å². The van der Waals surface area contributed by atoms with Crippen molar-refractivity contribution >= 4 is 11.6 Å². The molecule has 1 aliphatic carbocycles. The van der Waals surface area contributed by atoms with Crippen LogP contribution in [-0.2, 0) is 11.3 Å². The lowest BCUT2D eigenvalue weighted by atomic mass is 10.1. The fraction of sp³-hybridized carbons (Fsp3) is 0.316. The van der Waals surface area contributed by atoms with Crippen LogP contribution >= 0.6 is 0 Å². The van der Waals surface area contributed by atoms with Gasteiger partial charge in [-0.2, -0.15) is 0 Å². The Bertz CT molecular complexity index is 748. The molecule has 3 nitrogen and oxygen atoms in total. The van der Waals surface area contributed by atoms with Crippen molar-refractivity contribution in [3.63, 3.8) is 0 Å². The lowest BCUT2D eigenvalue weighted by molar-refractivity contribution is -0.117. The number of anilines is 1. The second kappa shape index (κ2) is 7.09. The highest BCUT2D eigenvalue weighted by molar-refractivity contribution is 5.95. The van der Waals surface area contributed by atoms with Crippen LogP contribution in [0, 0.1) is 17.6 Å². The molecule has 0 aromatic heterocycles. The van der Waals surface area contributed by atoms with Crippen LogP contribution in [0.5, 0.6) is 0 Å². The van der Waals surface area contributed by atoms with E-state index in [0.29, 0.717) is 18.5 Å². The van der Waals surface area contributed by atoms with Gasteiger partial charge in [-0.1, -0.05) is 31.2 Å². The maximum Gasteiger partial charge on any atom is 0.228 e. The van der Waals surface area contributed by atoms with Crippen molar-refractivity contribution in [1.82, 2.24) is 5.32 Å². The summed E-state index contributed by atoms with van der Waals surface area (Å²) in [7, 11) is 0. The standard InChI is InChI=1S/C19H20F2N2O/c1-2-22-11-13-5-3-4-6-18(13)23-19(24)15-10-14(15)12-7-8-16(20)17(21)9-12/h3-9,14-15,22H,2,10-11H2,1H3,(H,23,24)/t14-,15-/m0/s1. The first-order chi connectivity index (χ1) is 11.6. The molecule has 1 fully saturated rings. The summed E-state index contributed by atoms with van der Waals surface area (Å²) in [4.78, 5) is 12.4. The van der Waals surface area contributed by atoms with E-state index in [1.54, 1.807) is 6.07 Å². The molecule has 3 rings (SSSR count). The third kappa shape index (κ3) is 3.62. The molecule has 126 valence electrons.